The predicted octanol–water partition coefficient (Wildman–Crippen LogP) is 1.97. The molecule has 1 N–H and O–H groups in total. The number of carbonyl (C=O) groups is 1. The number of likely N-dealkylation sites (tertiary alicyclic amines) is 1. The second kappa shape index (κ2) is 4.02. The molecule has 3 rings (SSSR count). The summed E-state index contributed by atoms with van der Waals surface area (Å²) in [5.41, 5.74) is 0. The van der Waals surface area contributed by atoms with Gasteiger partial charge < -0.3 is 5.11 Å². The number of nitrogens with zero attached hydrogens (tertiary/aromatic N) is 1. The van der Waals surface area contributed by atoms with Crippen LogP contribution in [0.1, 0.15) is 38.5 Å². The first kappa shape index (κ1) is 10.6. The molecule has 90 valence electrons. The Morgan fingerprint density at radius 3 is 2.56 bits per heavy atom. The van der Waals surface area contributed by atoms with E-state index in [-0.39, 0.29) is 6.04 Å². The van der Waals surface area contributed by atoms with Crippen LogP contribution in [0.3, 0.4) is 0 Å². The van der Waals surface area contributed by atoms with Crippen molar-refractivity contribution in [1.82, 2.24) is 4.90 Å². The predicted molar refractivity (Wildman–Crippen MR) is 61.2 cm³/mol. The van der Waals surface area contributed by atoms with E-state index in [9.17, 15) is 9.90 Å². The molecule has 0 aromatic heterocycles. The van der Waals surface area contributed by atoms with E-state index in [1.165, 1.54) is 32.1 Å². The van der Waals surface area contributed by atoms with Gasteiger partial charge in [-0.1, -0.05) is 12.8 Å². The highest BCUT2D eigenvalue weighted by Gasteiger charge is 2.48. The van der Waals surface area contributed by atoms with Gasteiger partial charge in [0.25, 0.3) is 0 Å². The van der Waals surface area contributed by atoms with E-state index in [1.54, 1.807) is 0 Å². The number of rotatable bonds is 3. The summed E-state index contributed by atoms with van der Waals surface area (Å²) in [7, 11) is 0. The molecule has 0 amide bonds. The zero-order valence-corrected chi connectivity index (χ0v) is 9.77. The van der Waals surface area contributed by atoms with Crippen molar-refractivity contribution in [2.75, 3.05) is 13.1 Å². The first-order valence-electron chi connectivity index (χ1n) is 6.72. The maximum Gasteiger partial charge on any atom is 0.321 e. The number of carboxylic acid groups (broad SMARTS) is 1. The average molecular weight is 223 g/mol. The molecule has 3 fully saturated rings. The third-order valence-corrected chi connectivity index (χ3v) is 4.96. The van der Waals surface area contributed by atoms with Crippen LogP contribution in [-0.2, 0) is 4.79 Å². The molecular formula is C13H21NO2. The van der Waals surface area contributed by atoms with Crippen LogP contribution in [0, 0.1) is 17.8 Å². The van der Waals surface area contributed by atoms with E-state index in [0.29, 0.717) is 11.8 Å². The first-order chi connectivity index (χ1) is 7.75. The van der Waals surface area contributed by atoms with E-state index in [0.717, 1.165) is 25.4 Å². The molecule has 2 saturated carbocycles. The topological polar surface area (TPSA) is 40.5 Å². The van der Waals surface area contributed by atoms with Crippen LogP contribution in [0.4, 0.5) is 0 Å². The van der Waals surface area contributed by atoms with Crippen molar-refractivity contribution < 1.29 is 9.90 Å². The summed E-state index contributed by atoms with van der Waals surface area (Å²) in [6.45, 7) is 2.10. The van der Waals surface area contributed by atoms with Gasteiger partial charge in [-0.15, -0.1) is 0 Å². The zero-order valence-electron chi connectivity index (χ0n) is 9.77. The van der Waals surface area contributed by atoms with E-state index >= 15 is 0 Å². The molecule has 1 aliphatic heterocycles. The van der Waals surface area contributed by atoms with Crippen molar-refractivity contribution >= 4 is 5.97 Å². The number of carboxylic acids is 1. The molecule has 16 heavy (non-hydrogen) atoms. The minimum atomic E-state index is -0.575. The summed E-state index contributed by atoms with van der Waals surface area (Å²) in [5.74, 6) is 1.35. The quantitative estimate of drug-likeness (QED) is 0.795. The summed E-state index contributed by atoms with van der Waals surface area (Å²) < 4.78 is 0. The van der Waals surface area contributed by atoms with Crippen molar-refractivity contribution in [2.24, 2.45) is 17.8 Å². The third kappa shape index (κ3) is 1.65. The lowest BCUT2D eigenvalue weighted by Gasteiger charge is -2.33. The summed E-state index contributed by atoms with van der Waals surface area (Å²) in [6.07, 6.45) is 7.63. The van der Waals surface area contributed by atoms with Crippen molar-refractivity contribution in [3.8, 4) is 0 Å². The van der Waals surface area contributed by atoms with Crippen molar-refractivity contribution in [1.29, 1.82) is 0 Å². The van der Waals surface area contributed by atoms with E-state index in [2.05, 4.69) is 4.90 Å². The SMILES string of the molecule is O=C(O)C1C2CCCC2CN1CC1CCC1. The molecule has 0 aromatic carbocycles. The maximum absolute atomic E-state index is 11.4. The largest absolute Gasteiger partial charge is 0.480 e. The fraction of sp³-hybridized carbons (Fsp3) is 0.923. The lowest BCUT2D eigenvalue weighted by molar-refractivity contribution is -0.143. The Morgan fingerprint density at radius 1 is 1.19 bits per heavy atom. The first-order valence-corrected chi connectivity index (χ1v) is 6.72. The molecule has 1 heterocycles. The van der Waals surface area contributed by atoms with Gasteiger partial charge in [-0.2, -0.15) is 0 Å². The van der Waals surface area contributed by atoms with Gasteiger partial charge in [-0.05, 0) is 43.4 Å². The fourth-order valence-electron chi connectivity index (χ4n) is 3.93. The van der Waals surface area contributed by atoms with Gasteiger partial charge in [0.2, 0.25) is 0 Å². The molecule has 0 aromatic rings. The smallest absolute Gasteiger partial charge is 0.321 e. The van der Waals surface area contributed by atoms with Crippen molar-refractivity contribution in [3.63, 3.8) is 0 Å². The molecular weight excluding hydrogens is 202 g/mol. The van der Waals surface area contributed by atoms with E-state index < -0.39 is 5.97 Å². The third-order valence-electron chi connectivity index (χ3n) is 4.96. The summed E-state index contributed by atoms with van der Waals surface area (Å²) >= 11 is 0. The molecule has 0 bridgehead atoms. The van der Waals surface area contributed by atoms with Gasteiger partial charge in [0, 0.05) is 13.1 Å². The Kier molecular flexibility index (Phi) is 2.66. The van der Waals surface area contributed by atoms with Crippen LogP contribution in [-0.4, -0.2) is 35.1 Å². The molecule has 3 atom stereocenters. The Morgan fingerprint density at radius 2 is 1.94 bits per heavy atom. The summed E-state index contributed by atoms with van der Waals surface area (Å²) in [6, 6.07) is -0.159. The fourth-order valence-corrected chi connectivity index (χ4v) is 3.93. The second-order valence-corrected chi connectivity index (χ2v) is 5.89. The van der Waals surface area contributed by atoms with Gasteiger partial charge in [0.15, 0.2) is 0 Å². The summed E-state index contributed by atoms with van der Waals surface area (Å²) in [5, 5.41) is 9.39. The number of fused-ring (bicyclic) bond motifs is 1. The maximum atomic E-state index is 11.4. The van der Waals surface area contributed by atoms with Gasteiger partial charge >= 0.3 is 5.97 Å². The Labute approximate surface area is 96.8 Å². The molecule has 1 saturated heterocycles. The highest BCUT2D eigenvalue weighted by molar-refractivity contribution is 5.74. The van der Waals surface area contributed by atoms with Crippen LogP contribution in [0.2, 0.25) is 0 Å². The highest BCUT2D eigenvalue weighted by Crippen LogP contribution is 2.43. The number of hydrogen-bond donors (Lipinski definition) is 1. The standard InChI is InChI=1S/C13H21NO2/c15-13(16)12-11-6-2-5-10(11)8-14(12)7-9-3-1-4-9/h9-12H,1-8H2,(H,15,16). The van der Waals surface area contributed by atoms with Gasteiger partial charge in [-0.25, -0.2) is 0 Å². The minimum Gasteiger partial charge on any atom is -0.480 e. The molecule has 3 aliphatic rings. The highest BCUT2D eigenvalue weighted by atomic mass is 16.4. The van der Waals surface area contributed by atoms with E-state index in [1.807, 2.05) is 0 Å². The minimum absolute atomic E-state index is 0.159. The molecule has 0 spiro atoms. The van der Waals surface area contributed by atoms with Crippen LogP contribution in [0.25, 0.3) is 0 Å². The lowest BCUT2D eigenvalue weighted by atomic mass is 9.85. The summed E-state index contributed by atoms with van der Waals surface area (Å²) in [4.78, 5) is 13.7. The van der Waals surface area contributed by atoms with Crippen LogP contribution in [0.5, 0.6) is 0 Å². The number of hydrogen-bond acceptors (Lipinski definition) is 2. The van der Waals surface area contributed by atoms with Crippen LogP contribution >= 0.6 is 0 Å². The molecule has 3 heteroatoms. The van der Waals surface area contributed by atoms with Gasteiger partial charge in [-0.3, -0.25) is 9.69 Å². The zero-order chi connectivity index (χ0) is 11.1. The van der Waals surface area contributed by atoms with Crippen LogP contribution < -0.4 is 0 Å². The van der Waals surface area contributed by atoms with Crippen LogP contribution in [0.15, 0.2) is 0 Å². The Bertz CT molecular complexity index is 286. The van der Waals surface area contributed by atoms with E-state index in [4.69, 9.17) is 0 Å². The Hall–Kier alpha value is -0.570. The van der Waals surface area contributed by atoms with Crippen molar-refractivity contribution in [3.05, 3.63) is 0 Å². The number of aliphatic carboxylic acids is 1. The van der Waals surface area contributed by atoms with Crippen molar-refractivity contribution in [2.45, 2.75) is 44.6 Å². The molecule has 2 aliphatic carbocycles. The Balaban J connectivity index is 1.69. The average Bonchev–Trinajstić information content (AvgIpc) is 2.68. The van der Waals surface area contributed by atoms with Gasteiger partial charge in [0.1, 0.15) is 6.04 Å². The lowest BCUT2D eigenvalue weighted by Crippen LogP contribution is -2.43. The molecule has 3 unspecified atom stereocenters. The van der Waals surface area contributed by atoms with Gasteiger partial charge in [0.05, 0.1) is 0 Å². The molecule has 0 radical (unpaired) electrons. The molecule has 3 nitrogen and oxygen atoms in total. The second-order valence-electron chi connectivity index (χ2n) is 5.89. The monoisotopic (exact) mass is 223 g/mol. The normalized spacial score (nSPS) is 39.6.